The van der Waals surface area contributed by atoms with Gasteiger partial charge in [-0.15, -0.1) is 0 Å². The molecule has 0 unspecified atom stereocenters. The standard InChI is InChI=1S/C38H32Cl2N2O4S/c1-4-45-37(44)33-34(26-10-6-5-7-11-26)41-38-42(35(33)27-15-13-25(14-16-27)23(2)3)36(43)32(47-38)20-24-9-8-12-30(19-24)46-22-28-17-18-29(39)21-31(28)40/h5-21,23,35H,4,22H2,1-3H3/b32-20-/t35-/m0/s1. The van der Waals surface area contributed by atoms with E-state index in [0.29, 0.717) is 42.3 Å². The van der Waals surface area contributed by atoms with E-state index in [4.69, 9.17) is 37.7 Å². The van der Waals surface area contributed by atoms with Gasteiger partial charge >= 0.3 is 5.97 Å². The molecule has 6 rings (SSSR count). The van der Waals surface area contributed by atoms with Crippen molar-refractivity contribution < 1.29 is 14.3 Å². The summed E-state index contributed by atoms with van der Waals surface area (Å²) in [6.07, 6.45) is 1.82. The maximum atomic E-state index is 14.3. The third-order valence-corrected chi connectivity index (χ3v) is 9.43. The zero-order valence-corrected chi connectivity index (χ0v) is 28.4. The number of aromatic nitrogens is 1. The van der Waals surface area contributed by atoms with Gasteiger partial charge in [-0.1, -0.05) is 121 Å². The Hall–Kier alpha value is -4.43. The van der Waals surface area contributed by atoms with E-state index in [2.05, 4.69) is 13.8 Å². The number of fused-ring (bicyclic) bond motifs is 1. The quantitative estimate of drug-likeness (QED) is 0.148. The Labute approximate surface area is 286 Å². The highest BCUT2D eigenvalue weighted by atomic mass is 35.5. The molecule has 0 aliphatic carbocycles. The van der Waals surface area contributed by atoms with Crippen LogP contribution >= 0.6 is 34.5 Å². The Balaban J connectivity index is 1.47. The van der Waals surface area contributed by atoms with Crippen LogP contribution in [-0.4, -0.2) is 17.1 Å². The Morgan fingerprint density at radius 3 is 2.45 bits per heavy atom. The van der Waals surface area contributed by atoms with E-state index in [-0.39, 0.29) is 18.8 Å². The second-order valence-corrected chi connectivity index (χ2v) is 13.2. The highest BCUT2D eigenvalue weighted by Crippen LogP contribution is 2.35. The minimum absolute atomic E-state index is 0.191. The van der Waals surface area contributed by atoms with Crippen molar-refractivity contribution in [2.45, 2.75) is 39.3 Å². The van der Waals surface area contributed by atoms with Crippen molar-refractivity contribution in [3.8, 4) is 5.75 Å². The van der Waals surface area contributed by atoms with Crippen LogP contribution in [0.25, 0.3) is 11.8 Å². The van der Waals surface area contributed by atoms with Gasteiger partial charge < -0.3 is 9.47 Å². The molecule has 9 heteroatoms. The summed E-state index contributed by atoms with van der Waals surface area (Å²) in [6.45, 7) is 6.47. The minimum atomic E-state index is -0.734. The van der Waals surface area contributed by atoms with E-state index >= 15 is 0 Å². The molecule has 47 heavy (non-hydrogen) atoms. The van der Waals surface area contributed by atoms with Crippen LogP contribution in [0.2, 0.25) is 10.0 Å². The lowest BCUT2D eigenvalue weighted by Crippen LogP contribution is -2.40. The molecule has 0 amide bonds. The maximum Gasteiger partial charge on any atom is 0.338 e. The van der Waals surface area contributed by atoms with Crippen molar-refractivity contribution >= 4 is 52.3 Å². The number of halogens is 2. The molecule has 1 aromatic heterocycles. The number of benzene rings is 4. The lowest BCUT2D eigenvalue weighted by molar-refractivity contribution is -0.138. The van der Waals surface area contributed by atoms with Crippen LogP contribution in [0, 0.1) is 0 Å². The summed E-state index contributed by atoms with van der Waals surface area (Å²) in [5.41, 5.74) is 4.87. The molecular formula is C38H32Cl2N2O4S. The average molecular weight is 684 g/mol. The molecule has 0 spiro atoms. The van der Waals surface area contributed by atoms with Crippen molar-refractivity contribution in [2.24, 2.45) is 4.99 Å². The van der Waals surface area contributed by atoms with Crippen molar-refractivity contribution in [1.82, 2.24) is 4.57 Å². The minimum Gasteiger partial charge on any atom is -0.489 e. The number of hydrogen-bond donors (Lipinski definition) is 0. The lowest BCUT2D eigenvalue weighted by atomic mass is 9.91. The first-order chi connectivity index (χ1) is 22.7. The first-order valence-electron chi connectivity index (χ1n) is 15.3. The van der Waals surface area contributed by atoms with E-state index in [1.165, 1.54) is 11.3 Å². The van der Waals surface area contributed by atoms with Crippen LogP contribution in [0.15, 0.2) is 112 Å². The van der Waals surface area contributed by atoms with Crippen LogP contribution in [0.3, 0.4) is 0 Å². The Kier molecular flexibility index (Phi) is 9.78. The molecule has 0 saturated carbocycles. The second kappa shape index (κ2) is 14.1. The van der Waals surface area contributed by atoms with Crippen LogP contribution in [0.5, 0.6) is 5.75 Å². The normalized spacial score (nSPS) is 14.6. The third kappa shape index (κ3) is 6.98. The number of esters is 1. The molecule has 0 radical (unpaired) electrons. The van der Waals surface area contributed by atoms with Gasteiger partial charge in [0.05, 0.1) is 28.5 Å². The molecule has 0 fully saturated rings. The zero-order chi connectivity index (χ0) is 33.1. The molecule has 0 bridgehead atoms. The monoisotopic (exact) mass is 682 g/mol. The van der Waals surface area contributed by atoms with Gasteiger partial charge in [-0.25, -0.2) is 9.79 Å². The third-order valence-electron chi connectivity index (χ3n) is 7.86. The number of nitrogens with zero attached hydrogens (tertiary/aromatic N) is 2. The van der Waals surface area contributed by atoms with Crippen molar-refractivity contribution in [1.29, 1.82) is 0 Å². The smallest absolute Gasteiger partial charge is 0.338 e. The van der Waals surface area contributed by atoms with Crippen molar-refractivity contribution in [3.05, 3.63) is 160 Å². The summed E-state index contributed by atoms with van der Waals surface area (Å²) in [7, 11) is 0. The van der Waals surface area contributed by atoms with Crippen molar-refractivity contribution in [3.63, 3.8) is 0 Å². The highest BCUT2D eigenvalue weighted by molar-refractivity contribution is 7.07. The molecule has 1 aliphatic rings. The molecular weight excluding hydrogens is 651 g/mol. The summed E-state index contributed by atoms with van der Waals surface area (Å²) in [5.74, 6) is 0.443. The van der Waals surface area contributed by atoms with Gasteiger partial charge in [-0.2, -0.15) is 0 Å². The van der Waals surface area contributed by atoms with Gasteiger partial charge in [0.25, 0.3) is 5.56 Å². The fourth-order valence-electron chi connectivity index (χ4n) is 5.46. The molecule has 4 aromatic carbocycles. The van der Waals surface area contributed by atoms with E-state index in [9.17, 15) is 9.59 Å². The Morgan fingerprint density at radius 1 is 0.979 bits per heavy atom. The number of thiazole rings is 1. The SMILES string of the molecule is CCOC(=O)C1=C(c2ccccc2)N=c2s/c(=C\c3cccc(OCc4ccc(Cl)cc4Cl)c3)c(=O)n2[C@H]1c1ccc(C(C)C)cc1. The molecule has 6 nitrogen and oxygen atoms in total. The average Bonchev–Trinajstić information content (AvgIpc) is 3.38. The number of hydrogen-bond acceptors (Lipinski definition) is 6. The summed E-state index contributed by atoms with van der Waals surface area (Å²) in [6, 6.07) is 29.6. The van der Waals surface area contributed by atoms with Crippen LogP contribution in [0.1, 0.15) is 60.5 Å². The number of rotatable bonds is 9. The van der Waals surface area contributed by atoms with Gasteiger partial charge in [0, 0.05) is 21.2 Å². The molecule has 238 valence electrons. The predicted octanol–water partition coefficient (Wildman–Crippen LogP) is 7.94. The van der Waals surface area contributed by atoms with Crippen LogP contribution < -0.4 is 19.6 Å². The molecule has 0 N–H and O–H groups in total. The van der Waals surface area contributed by atoms with Gasteiger partial charge in [0.15, 0.2) is 4.80 Å². The summed E-state index contributed by atoms with van der Waals surface area (Å²) >= 11 is 13.6. The predicted molar refractivity (Wildman–Crippen MR) is 189 cm³/mol. The Bertz CT molecular complexity index is 2150. The number of ether oxygens (including phenoxy) is 2. The molecule has 2 heterocycles. The van der Waals surface area contributed by atoms with Crippen molar-refractivity contribution in [2.75, 3.05) is 6.61 Å². The first kappa shape index (κ1) is 32.5. The summed E-state index contributed by atoms with van der Waals surface area (Å²) in [5, 5.41) is 1.09. The lowest BCUT2D eigenvalue weighted by Gasteiger charge is -2.26. The number of carbonyl (C=O) groups excluding carboxylic acids is 1. The maximum absolute atomic E-state index is 14.3. The topological polar surface area (TPSA) is 69.9 Å². The fraction of sp³-hybridized carbons (Fsp3) is 0.184. The first-order valence-corrected chi connectivity index (χ1v) is 16.9. The van der Waals surface area contributed by atoms with E-state index in [0.717, 1.165) is 27.8 Å². The summed E-state index contributed by atoms with van der Waals surface area (Å²) < 4.78 is 13.7. The van der Waals surface area contributed by atoms with Gasteiger partial charge in [0.1, 0.15) is 12.4 Å². The number of carbonyl (C=O) groups is 1. The van der Waals surface area contributed by atoms with Crippen LogP contribution in [0.4, 0.5) is 0 Å². The largest absolute Gasteiger partial charge is 0.489 e. The fourth-order valence-corrected chi connectivity index (χ4v) is 6.93. The Morgan fingerprint density at radius 2 is 1.74 bits per heavy atom. The van der Waals surface area contributed by atoms with Gasteiger partial charge in [-0.05, 0) is 59.9 Å². The molecule has 1 atom stereocenters. The zero-order valence-electron chi connectivity index (χ0n) is 26.1. The van der Waals surface area contributed by atoms with E-state index < -0.39 is 12.0 Å². The molecule has 5 aromatic rings. The van der Waals surface area contributed by atoms with Gasteiger partial charge in [-0.3, -0.25) is 9.36 Å². The van der Waals surface area contributed by atoms with Gasteiger partial charge in [0.2, 0.25) is 0 Å². The van der Waals surface area contributed by atoms with E-state index in [1.54, 1.807) is 23.6 Å². The molecule has 0 saturated heterocycles. The molecule has 1 aliphatic heterocycles. The summed E-state index contributed by atoms with van der Waals surface area (Å²) in [4.78, 5) is 33.4. The highest BCUT2D eigenvalue weighted by Gasteiger charge is 2.35. The van der Waals surface area contributed by atoms with E-state index in [1.807, 2.05) is 91.0 Å². The second-order valence-electron chi connectivity index (χ2n) is 11.3. The van der Waals surface area contributed by atoms with Crippen LogP contribution in [-0.2, 0) is 16.1 Å².